The van der Waals surface area contributed by atoms with Gasteiger partial charge in [-0.25, -0.2) is 0 Å². The number of amides is 2. The van der Waals surface area contributed by atoms with Crippen LogP contribution in [0, 0.1) is 0 Å². The third-order valence-electron chi connectivity index (χ3n) is 5.65. The number of carbonyl (C=O) groups is 2. The Morgan fingerprint density at radius 3 is 2.67 bits per heavy atom. The van der Waals surface area contributed by atoms with Crippen LogP contribution in [-0.4, -0.2) is 48.7 Å². The Balaban J connectivity index is 1.38. The Kier molecular flexibility index (Phi) is 6.59. The van der Waals surface area contributed by atoms with Crippen molar-refractivity contribution in [2.45, 2.75) is 35.4 Å². The lowest BCUT2D eigenvalue weighted by atomic mass is 10.0. The molecule has 2 aromatic rings. The number of para-hydroxylation sites is 1. The molecule has 2 aromatic carbocycles. The fourth-order valence-corrected chi connectivity index (χ4v) is 5.13. The lowest BCUT2D eigenvalue weighted by Gasteiger charge is -2.29. The number of likely N-dealkylation sites (tertiary alicyclic amines) is 1. The van der Waals surface area contributed by atoms with Gasteiger partial charge in [0, 0.05) is 17.9 Å². The van der Waals surface area contributed by atoms with Gasteiger partial charge in [0.05, 0.1) is 24.1 Å². The molecule has 2 N–H and O–H groups in total. The summed E-state index contributed by atoms with van der Waals surface area (Å²) in [6, 6.07) is 15.9. The van der Waals surface area contributed by atoms with Gasteiger partial charge in [0.25, 0.3) is 0 Å². The van der Waals surface area contributed by atoms with Gasteiger partial charge in [-0.3, -0.25) is 14.5 Å². The summed E-state index contributed by atoms with van der Waals surface area (Å²) in [6.45, 7) is 2.59. The molecule has 0 aromatic heterocycles. The third-order valence-corrected chi connectivity index (χ3v) is 6.93. The summed E-state index contributed by atoms with van der Waals surface area (Å²) in [6.07, 6.45) is 2.53. The first-order chi connectivity index (χ1) is 14.6. The number of ether oxygens (including phenoxy) is 1. The van der Waals surface area contributed by atoms with Crippen LogP contribution in [0.5, 0.6) is 5.75 Å². The Morgan fingerprint density at radius 2 is 1.93 bits per heavy atom. The molecule has 30 heavy (non-hydrogen) atoms. The maximum atomic E-state index is 12.7. The third kappa shape index (κ3) is 4.79. The zero-order valence-corrected chi connectivity index (χ0v) is 17.9. The Hall–Kier alpha value is -2.51. The number of methoxy groups -OCH3 is 1. The SMILES string of the molecule is COc1ccc(C(CNC(=O)CC2Sc3ccccc3NC2=O)N2CCCC2)cc1. The van der Waals surface area contributed by atoms with Crippen molar-refractivity contribution in [3.8, 4) is 5.75 Å². The zero-order chi connectivity index (χ0) is 20.9. The van der Waals surface area contributed by atoms with E-state index in [1.165, 1.54) is 24.6 Å². The average molecular weight is 426 g/mol. The van der Waals surface area contributed by atoms with Crippen LogP contribution in [0.3, 0.4) is 0 Å². The van der Waals surface area contributed by atoms with E-state index in [9.17, 15) is 9.59 Å². The number of fused-ring (bicyclic) bond motifs is 1. The molecule has 1 saturated heterocycles. The van der Waals surface area contributed by atoms with Gasteiger partial charge < -0.3 is 15.4 Å². The highest BCUT2D eigenvalue weighted by Crippen LogP contribution is 2.36. The molecule has 6 nitrogen and oxygen atoms in total. The van der Waals surface area contributed by atoms with Gasteiger partial charge in [-0.1, -0.05) is 24.3 Å². The van der Waals surface area contributed by atoms with Crippen LogP contribution in [0.2, 0.25) is 0 Å². The van der Waals surface area contributed by atoms with Crippen LogP contribution in [-0.2, 0) is 9.59 Å². The van der Waals surface area contributed by atoms with Crippen LogP contribution in [0.25, 0.3) is 0 Å². The molecule has 0 aliphatic carbocycles. The summed E-state index contributed by atoms with van der Waals surface area (Å²) in [5.74, 6) is 0.614. The number of hydrogen-bond donors (Lipinski definition) is 2. The van der Waals surface area contributed by atoms with Crippen molar-refractivity contribution in [1.82, 2.24) is 10.2 Å². The molecule has 0 radical (unpaired) electrons. The van der Waals surface area contributed by atoms with Crippen molar-refractivity contribution in [2.75, 3.05) is 32.1 Å². The quantitative estimate of drug-likeness (QED) is 0.711. The number of carbonyl (C=O) groups excluding carboxylic acids is 2. The fraction of sp³-hybridized carbons (Fsp3) is 0.391. The largest absolute Gasteiger partial charge is 0.497 e. The molecule has 2 amide bonds. The van der Waals surface area contributed by atoms with Crippen molar-refractivity contribution in [3.63, 3.8) is 0 Å². The second-order valence-corrected chi connectivity index (χ2v) is 8.88. The van der Waals surface area contributed by atoms with Crippen molar-refractivity contribution >= 4 is 29.3 Å². The van der Waals surface area contributed by atoms with Crippen LogP contribution in [0.15, 0.2) is 53.4 Å². The molecule has 2 heterocycles. The van der Waals surface area contributed by atoms with Crippen LogP contribution < -0.4 is 15.4 Å². The first-order valence-corrected chi connectivity index (χ1v) is 11.2. The summed E-state index contributed by atoms with van der Waals surface area (Å²) in [4.78, 5) is 28.5. The molecule has 0 saturated carbocycles. The summed E-state index contributed by atoms with van der Waals surface area (Å²) in [5.41, 5.74) is 1.98. The number of benzene rings is 2. The van der Waals surface area contributed by atoms with E-state index in [1.54, 1.807) is 7.11 Å². The van der Waals surface area contributed by atoms with E-state index in [0.29, 0.717) is 6.54 Å². The lowest BCUT2D eigenvalue weighted by Crippen LogP contribution is -2.39. The molecule has 7 heteroatoms. The highest BCUT2D eigenvalue weighted by atomic mass is 32.2. The van der Waals surface area contributed by atoms with Crippen LogP contribution in [0.4, 0.5) is 5.69 Å². The maximum Gasteiger partial charge on any atom is 0.238 e. The van der Waals surface area contributed by atoms with Gasteiger partial charge in [0.15, 0.2) is 0 Å². The number of nitrogens with one attached hydrogen (secondary N) is 2. The number of rotatable bonds is 7. The molecule has 2 aliphatic rings. The summed E-state index contributed by atoms with van der Waals surface area (Å²) >= 11 is 1.46. The van der Waals surface area contributed by atoms with Gasteiger partial charge in [-0.2, -0.15) is 0 Å². The minimum absolute atomic E-state index is 0.0975. The van der Waals surface area contributed by atoms with E-state index in [0.717, 1.165) is 35.0 Å². The molecular formula is C23H27N3O3S. The lowest BCUT2D eigenvalue weighted by molar-refractivity contribution is -0.124. The van der Waals surface area contributed by atoms with E-state index in [-0.39, 0.29) is 24.3 Å². The first-order valence-electron chi connectivity index (χ1n) is 10.4. The topological polar surface area (TPSA) is 70.7 Å². The van der Waals surface area contributed by atoms with Gasteiger partial charge in [0.1, 0.15) is 5.75 Å². The van der Waals surface area contributed by atoms with Crippen molar-refractivity contribution in [3.05, 3.63) is 54.1 Å². The monoisotopic (exact) mass is 425 g/mol. The molecule has 158 valence electrons. The van der Waals surface area contributed by atoms with Gasteiger partial charge in [-0.15, -0.1) is 11.8 Å². The van der Waals surface area contributed by atoms with Gasteiger partial charge >= 0.3 is 0 Å². The number of anilines is 1. The van der Waals surface area contributed by atoms with Crippen LogP contribution >= 0.6 is 11.8 Å². The highest BCUT2D eigenvalue weighted by Gasteiger charge is 2.30. The zero-order valence-electron chi connectivity index (χ0n) is 17.1. The van der Waals surface area contributed by atoms with Crippen molar-refractivity contribution in [1.29, 1.82) is 0 Å². The first kappa shape index (κ1) is 20.8. The summed E-state index contributed by atoms with van der Waals surface area (Å²) < 4.78 is 5.27. The second kappa shape index (κ2) is 9.53. The van der Waals surface area contributed by atoms with E-state index in [2.05, 4.69) is 27.7 Å². The fourth-order valence-electron chi connectivity index (χ4n) is 4.02. The molecule has 4 rings (SSSR count). The molecule has 1 fully saturated rings. The van der Waals surface area contributed by atoms with Gasteiger partial charge in [0.2, 0.25) is 11.8 Å². The molecular weight excluding hydrogens is 398 g/mol. The van der Waals surface area contributed by atoms with E-state index in [1.807, 2.05) is 36.4 Å². The van der Waals surface area contributed by atoms with Gasteiger partial charge in [-0.05, 0) is 55.8 Å². The molecule has 2 unspecified atom stereocenters. The number of nitrogens with zero attached hydrogens (tertiary/aromatic N) is 1. The summed E-state index contributed by atoms with van der Waals surface area (Å²) in [5, 5.41) is 5.56. The van der Waals surface area contributed by atoms with Crippen LogP contribution in [0.1, 0.15) is 30.9 Å². The normalized spacial score (nSPS) is 19.6. The highest BCUT2D eigenvalue weighted by molar-refractivity contribution is 8.01. The van der Waals surface area contributed by atoms with E-state index < -0.39 is 5.25 Å². The van der Waals surface area contributed by atoms with Crippen molar-refractivity contribution < 1.29 is 14.3 Å². The average Bonchev–Trinajstić information content (AvgIpc) is 3.29. The molecule has 0 bridgehead atoms. The number of thioether (sulfide) groups is 1. The Bertz CT molecular complexity index is 897. The Labute approximate surface area is 181 Å². The molecule has 0 spiro atoms. The van der Waals surface area contributed by atoms with E-state index >= 15 is 0 Å². The van der Waals surface area contributed by atoms with E-state index in [4.69, 9.17) is 4.74 Å². The minimum Gasteiger partial charge on any atom is -0.497 e. The molecule has 2 aliphatic heterocycles. The number of hydrogen-bond acceptors (Lipinski definition) is 5. The standard InChI is InChI=1S/C23H27N3O3S/c1-29-17-10-8-16(9-11-17)19(26-12-4-5-13-26)15-24-22(27)14-21-23(28)25-18-6-2-3-7-20(18)30-21/h2-3,6-11,19,21H,4-5,12-15H2,1H3,(H,24,27)(H,25,28). The minimum atomic E-state index is -0.411. The van der Waals surface area contributed by atoms with Crippen molar-refractivity contribution in [2.24, 2.45) is 0 Å². The predicted molar refractivity (Wildman–Crippen MR) is 119 cm³/mol. The predicted octanol–water partition coefficient (Wildman–Crippen LogP) is 3.45. The molecule has 2 atom stereocenters. The second-order valence-electron chi connectivity index (χ2n) is 7.63. The summed E-state index contributed by atoms with van der Waals surface area (Å²) in [7, 11) is 1.66. The maximum absolute atomic E-state index is 12.7. The Morgan fingerprint density at radius 1 is 1.20 bits per heavy atom. The smallest absolute Gasteiger partial charge is 0.238 e.